The zero-order chi connectivity index (χ0) is 20.1. The van der Waals surface area contributed by atoms with E-state index in [2.05, 4.69) is 10.3 Å². The van der Waals surface area contributed by atoms with E-state index in [1.807, 2.05) is 24.3 Å². The first-order valence-corrected chi connectivity index (χ1v) is 9.13. The predicted molar refractivity (Wildman–Crippen MR) is 105 cm³/mol. The Labute approximate surface area is 171 Å². The van der Waals surface area contributed by atoms with Crippen molar-refractivity contribution in [2.75, 3.05) is 13.7 Å². The van der Waals surface area contributed by atoms with Gasteiger partial charge in [0.2, 0.25) is 5.69 Å². The summed E-state index contributed by atoms with van der Waals surface area (Å²) >= 11 is 12.0. The summed E-state index contributed by atoms with van der Waals surface area (Å²) in [6.07, 6.45) is 0. The SMILES string of the molecule is CCOC(=O)c1nnn(Cc2ccc(OC)cc2)c1Oc1ccc(Cl)c(Cl)c1. The number of halogens is 2. The van der Waals surface area contributed by atoms with Crippen LogP contribution in [0, 0.1) is 0 Å². The molecule has 146 valence electrons. The Morgan fingerprint density at radius 3 is 2.43 bits per heavy atom. The third-order valence-corrected chi connectivity index (χ3v) is 4.49. The van der Waals surface area contributed by atoms with E-state index in [4.69, 9.17) is 37.4 Å². The summed E-state index contributed by atoms with van der Waals surface area (Å²) in [5.74, 6) is 0.645. The van der Waals surface area contributed by atoms with Crippen molar-refractivity contribution in [2.24, 2.45) is 0 Å². The molecule has 0 N–H and O–H groups in total. The first kappa shape index (κ1) is 20.0. The van der Waals surface area contributed by atoms with Gasteiger partial charge in [-0.3, -0.25) is 0 Å². The molecule has 1 aromatic heterocycles. The van der Waals surface area contributed by atoms with E-state index < -0.39 is 5.97 Å². The Kier molecular flexibility index (Phi) is 6.38. The van der Waals surface area contributed by atoms with Crippen LogP contribution in [0.4, 0.5) is 0 Å². The number of benzene rings is 2. The molecule has 0 aliphatic carbocycles. The molecule has 0 spiro atoms. The van der Waals surface area contributed by atoms with Gasteiger partial charge < -0.3 is 14.2 Å². The van der Waals surface area contributed by atoms with E-state index in [1.54, 1.807) is 32.2 Å². The number of carbonyl (C=O) groups excluding carboxylic acids is 1. The van der Waals surface area contributed by atoms with Gasteiger partial charge in [0.15, 0.2) is 0 Å². The van der Waals surface area contributed by atoms with E-state index in [-0.39, 0.29) is 18.2 Å². The second-order valence-electron chi connectivity index (χ2n) is 5.65. The van der Waals surface area contributed by atoms with Gasteiger partial charge in [-0.05, 0) is 36.8 Å². The lowest BCUT2D eigenvalue weighted by molar-refractivity contribution is 0.0516. The summed E-state index contributed by atoms with van der Waals surface area (Å²) in [6.45, 7) is 2.24. The minimum absolute atomic E-state index is 0.0264. The van der Waals surface area contributed by atoms with Crippen molar-refractivity contribution >= 4 is 29.2 Å². The molecule has 0 unspecified atom stereocenters. The zero-order valence-corrected chi connectivity index (χ0v) is 16.7. The van der Waals surface area contributed by atoms with Gasteiger partial charge in [0.1, 0.15) is 11.5 Å². The van der Waals surface area contributed by atoms with Crippen LogP contribution in [-0.2, 0) is 11.3 Å². The summed E-state index contributed by atoms with van der Waals surface area (Å²) in [4.78, 5) is 12.2. The molecule has 7 nitrogen and oxygen atoms in total. The van der Waals surface area contributed by atoms with E-state index in [1.165, 1.54) is 4.68 Å². The van der Waals surface area contributed by atoms with Gasteiger partial charge in [-0.2, -0.15) is 0 Å². The van der Waals surface area contributed by atoms with Gasteiger partial charge >= 0.3 is 5.97 Å². The lowest BCUT2D eigenvalue weighted by atomic mass is 10.2. The predicted octanol–water partition coefficient (Wildman–Crippen LogP) is 4.61. The maximum Gasteiger partial charge on any atom is 0.364 e. The topological polar surface area (TPSA) is 75.5 Å². The Morgan fingerprint density at radius 1 is 1.07 bits per heavy atom. The van der Waals surface area contributed by atoms with Crippen molar-refractivity contribution in [3.05, 3.63) is 63.8 Å². The van der Waals surface area contributed by atoms with Crippen molar-refractivity contribution in [1.82, 2.24) is 15.0 Å². The van der Waals surface area contributed by atoms with E-state index in [0.29, 0.717) is 22.3 Å². The molecule has 0 bridgehead atoms. The second-order valence-corrected chi connectivity index (χ2v) is 6.46. The van der Waals surface area contributed by atoms with Crippen molar-refractivity contribution in [1.29, 1.82) is 0 Å². The van der Waals surface area contributed by atoms with Crippen LogP contribution < -0.4 is 9.47 Å². The lowest BCUT2D eigenvalue weighted by Gasteiger charge is -2.10. The van der Waals surface area contributed by atoms with Crippen molar-refractivity contribution < 1.29 is 19.0 Å². The molecule has 0 atom stereocenters. The van der Waals surface area contributed by atoms with Gasteiger partial charge in [-0.15, -0.1) is 5.10 Å². The van der Waals surface area contributed by atoms with Crippen LogP contribution in [-0.4, -0.2) is 34.7 Å². The molecule has 1 heterocycles. The Bertz CT molecular complexity index is 974. The number of ether oxygens (including phenoxy) is 3. The Morgan fingerprint density at radius 2 is 1.79 bits per heavy atom. The van der Waals surface area contributed by atoms with Crippen LogP contribution in [0.3, 0.4) is 0 Å². The number of methoxy groups -OCH3 is 1. The van der Waals surface area contributed by atoms with Crippen LogP contribution in [0.5, 0.6) is 17.4 Å². The molecule has 3 aromatic rings. The number of nitrogens with zero attached hydrogens (tertiary/aromatic N) is 3. The lowest BCUT2D eigenvalue weighted by Crippen LogP contribution is -2.09. The summed E-state index contributed by atoms with van der Waals surface area (Å²) in [6, 6.07) is 12.2. The monoisotopic (exact) mass is 421 g/mol. The summed E-state index contributed by atoms with van der Waals surface area (Å²) in [5, 5.41) is 8.69. The van der Waals surface area contributed by atoms with Gasteiger partial charge in [0, 0.05) is 6.07 Å². The molecule has 0 saturated heterocycles. The molecule has 0 fully saturated rings. The summed E-state index contributed by atoms with van der Waals surface area (Å²) in [5.41, 5.74) is 0.890. The van der Waals surface area contributed by atoms with Crippen LogP contribution in [0.15, 0.2) is 42.5 Å². The number of hydrogen-bond donors (Lipinski definition) is 0. The molecule has 2 aromatic carbocycles. The molecule has 0 aliphatic heterocycles. The fourth-order valence-electron chi connectivity index (χ4n) is 2.39. The Hall–Kier alpha value is -2.77. The van der Waals surface area contributed by atoms with Crippen molar-refractivity contribution in [2.45, 2.75) is 13.5 Å². The average Bonchev–Trinajstić information content (AvgIpc) is 3.08. The Balaban J connectivity index is 1.94. The third kappa shape index (κ3) is 4.55. The number of hydrogen-bond acceptors (Lipinski definition) is 6. The van der Waals surface area contributed by atoms with Gasteiger partial charge in [-0.1, -0.05) is 40.5 Å². The van der Waals surface area contributed by atoms with Crippen LogP contribution in [0.1, 0.15) is 23.0 Å². The summed E-state index contributed by atoms with van der Waals surface area (Å²) in [7, 11) is 1.60. The number of aromatic nitrogens is 3. The van der Waals surface area contributed by atoms with E-state index in [9.17, 15) is 4.79 Å². The fourth-order valence-corrected chi connectivity index (χ4v) is 2.68. The van der Waals surface area contributed by atoms with E-state index >= 15 is 0 Å². The van der Waals surface area contributed by atoms with Gasteiger partial charge in [0.05, 0.1) is 30.3 Å². The largest absolute Gasteiger partial charge is 0.497 e. The number of rotatable bonds is 7. The highest BCUT2D eigenvalue weighted by Crippen LogP contribution is 2.31. The molecule has 0 amide bonds. The molecule has 9 heteroatoms. The average molecular weight is 422 g/mol. The maximum absolute atomic E-state index is 12.2. The fraction of sp³-hybridized carbons (Fsp3) is 0.211. The second kappa shape index (κ2) is 8.95. The third-order valence-electron chi connectivity index (χ3n) is 3.76. The number of esters is 1. The first-order valence-electron chi connectivity index (χ1n) is 8.38. The number of carbonyl (C=O) groups is 1. The minimum atomic E-state index is -0.626. The smallest absolute Gasteiger partial charge is 0.364 e. The van der Waals surface area contributed by atoms with Crippen molar-refractivity contribution in [3.8, 4) is 17.4 Å². The quantitative estimate of drug-likeness (QED) is 0.518. The highest BCUT2D eigenvalue weighted by Gasteiger charge is 2.23. The molecular formula is C19H17Cl2N3O4. The molecule has 0 saturated carbocycles. The first-order chi connectivity index (χ1) is 13.5. The molecule has 0 radical (unpaired) electrons. The zero-order valence-electron chi connectivity index (χ0n) is 15.2. The highest BCUT2D eigenvalue weighted by molar-refractivity contribution is 6.42. The molecule has 3 rings (SSSR count). The normalized spacial score (nSPS) is 10.6. The van der Waals surface area contributed by atoms with Crippen LogP contribution in [0.25, 0.3) is 0 Å². The maximum atomic E-state index is 12.2. The van der Waals surface area contributed by atoms with Crippen LogP contribution >= 0.6 is 23.2 Å². The van der Waals surface area contributed by atoms with Crippen molar-refractivity contribution in [3.63, 3.8) is 0 Å². The van der Waals surface area contributed by atoms with Crippen LogP contribution in [0.2, 0.25) is 10.0 Å². The highest BCUT2D eigenvalue weighted by atomic mass is 35.5. The minimum Gasteiger partial charge on any atom is -0.497 e. The summed E-state index contributed by atoms with van der Waals surface area (Å²) < 4.78 is 17.5. The molecule has 28 heavy (non-hydrogen) atoms. The molecule has 0 aliphatic rings. The van der Waals surface area contributed by atoms with Gasteiger partial charge in [0.25, 0.3) is 5.88 Å². The molecular weight excluding hydrogens is 405 g/mol. The van der Waals surface area contributed by atoms with Gasteiger partial charge in [-0.25, -0.2) is 9.48 Å². The standard InChI is InChI=1S/C19H17Cl2N3O4/c1-3-27-19(25)17-18(28-14-8-9-15(20)16(21)10-14)24(23-22-17)11-12-4-6-13(26-2)7-5-12/h4-10H,3,11H2,1-2H3. The van der Waals surface area contributed by atoms with E-state index in [0.717, 1.165) is 11.3 Å².